The van der Waals surface area contributed by atoms with Crippen molar-refractivity contribution < 1.29 is 4.74 Å². The summed E-state index contributed by atoms with van der Waals surface area (Å²) in [5.41, 5.74) is 1.56. The lowest BCUT2D eigenvalue weighted by Crippen LogP contribution is -2.31. The third-order valence-corrected chi connectivity index (χ3v) is 5.23. The van der Waals surface area contributed by atoms with Gasteiger partial charge in [-0.05, 0) is 30.5 Å². The van der Waals surface area contributed by atoms with Crippen LogP contribution in [0.25, 0.3) is 0 Å². The first-order chi connectivity index (χ1) is 8.74. The second-order valence-corrected chi connectivity index (χ2v) is 6.31. The predicted molar refractivity (Wildman–Crippen MR) is 80.4 cm³/mol. The van der Waals surface area contributed by atoms with E-state index in [-0.39, 0.29) is 0 Å². The molecule has 0 heterocycles. The lowest BCUT2D eigenvalue weighted by Gasteiger charge is -2.35. The van der Waals surface area contributed by atoms with Crippen LogP contribution < -0.4 is 0 Å². The summed E-state index contributed by atoms with van der Waals surface area (Å²) in [7, 11) is 0. The van der Waals surface area contributed by atoms with Gasteiger partial charge in [-0.1, -0.05) is 58.9 Å². The van der Waals surface area contributed by atoms with E-state index in [4.69, 9.17) is 16.3 Å². The third kappa shape index (κ3) is 3.97. The molecule has 0 amide bonds. The maximum absolute atomic E-state index is 5.92. The van der Waals surface area contributed by atoms with Crippen LogP contribution in [0.15, 0.2) is 24.3 Å². The molecule has 1 aliphatic rings. The van der Waals surface area contributed by atoms with Gasteiger partial charge in [0.1, 0.15) is 0 Å². The third-order valence-electron chi connectivity index (χ3n) is 3.79. The number of hydrogen-bond donors (Lipinski definition) is 0. The average Bonchev–Trinajstić information content (AvgIpc) is 2.42. The summed E-state index contributed by atoms with van der Waals surface area (Å²) >= 11 is 9.53. The molecule has 0 radical (unpaired) electrons. The molecule has 2 rings (SSSR count). The highest BCUT2D eigenvalue weighted by Crippen LogP contribution is 2.38. The van der Waals surface area contributed by atoms with Crippen LogP contribution in [0.5, 0.6) is 0 Å². The van der Waals surface area contributed by atoms with Crippen molar-refractivity contribution in [3.63, 3.8) is 0 Å². The van der Waals surface area contributed by atoms with Crippen molar-refractivity contribution in [2.45, 2.75) is 38.7 Å². The van der Waals surface area contributed by atoms with Crippen molar-refractivity contribution in [1.82, 2.24) is 0 Å². The summed E-state index contributed by atoms with van der Waals surface area (Å²) in [6, 6.07) is 7.90. The van der Waals surface area contributed by atoms with Gasteiger partial charge in [0.15, 0.2) is 0 Å². The van der Waals surface area contributed by atoms with E-state index >= 15 is 0 Å². The van der Waals surface area contributed by atoms with E-state index in [0.717, 1.165) is 17.0 Å². The normalized spacial score (nSPS) is 18.8. The van der Waals surface area contributed by atoms with Gasteiger partial charge in [-0.3, -0.25) is 0 Å². The summed E-state index contributed by atoms with van der Waals surface area (Å²) < 4.78 is 5.92. The molecule has 1 aliphatic carbocycles. The molecule has 0 unspecified atom stereocenters. The number of benzene rings is 1. The van der Waals surface area contributed by atoms with Crippen LogP contribution in [0.1, 0.15) is 37.7 Å². The minimum Gasteiger partial charge on any atom is -0.376 e. The molecule has 0 spiro atoms. The first kappa shape index (κ1) is 14.4. The van der Waals surface area contributed by atoms with Gasteiger partial charge in [-0.25, -0.2) is 0 Å². The van der Waals surface area contributed by atoms with Crippen molar-refractivity contribution in [3.8, 4) is 0 Å². The van der Waals surface area contributed by atoms with Crippen LogP contribution in [0, 0.1) is 5.41 Å². The van der Waals surface area contributed by atoms with Crippen LogP contribution in [-0.4, -0.2) is 11.9 Å². The zero-order valence-corrected chi connectivity index (χ0v) is 13.0. The van der Waals surface area contributed by atoms with Crippen molar-refractivity contribution in [2.75, 3.05) is 11.9 Å². The number of halogens is 2. The van der Waals surface area contributed by atoms with E-state index in [1.165, 1.54) is 37.7 Å². The highest BCUT2D eigenvalue weighted by Gasteiger charge is 2.31. The van der Waals surface area contributed by atoms with Gasteiger partial charge in [-0.2, -0.15) is 0 Å². The maximum atomic E-state index is 5.92. The Morgan fingerprint density at radius 1 is 1.11 bits per heavy atom. The minimum atomic E-state index is 0.366. The Morgan fingerprint density at radius 2 is 1.78 bits per heavy atom. The number of rotatable bonds is 5. The lowest BCUT2D eigenvalue weighted by atomic mass is 9.76. The Balaban J connectivity index is 1.81. The standard InChI is InChI=1S/C15H20BrClO/c16-11-15(8-2-1-3-9-15)12-18-10-13-4-6-14(17)7-5-13/h4-7H,1-3,8-12H2. The van der Waals surface area contributed by atoms with Crippen LogP contribution in [0.4, 0.5) is 0 Å². The molecule has 1 nitrogen and oxygen atoms in total. The van der Waals surface area contributed by atoms with Crippen molar-refractivity contribution in [1.29, 1.82) is 0 Å². The molecule has 0 aromatic heterocycles. The highest BCUT2D eigenvalue weighted by molar-refractivity contribution is 9.09. The van der Waals surface area contributed by atoms with E-state index < -0.39 is 0 Å². The molecule has 1 aromatic rings. The first-order valence-electron chi connectivity index (χ1n) is 6.62. The largest absolute Gasteiger partial charge is 0.376 e. The monoisotopic (exact) mass is 330 g/mol. The Labute approximate surface area is 123 Å². The maximum Gasteiger partial charge on any atom is 0.0717 e. The van der Waals surface area contributed by atoms with Gasteiger partial charge < -0.3 is 4.74 Å². The van der Waals surface area contributed by atoms with Crippen molar-refractivity contribution in [2.24, 2.45) is 5.41 Å². The molecule has 1 fully saturated rings. The van der Waals surface area contributed by atoms with Gasteiger partial charge in [0.2, 0.25) is 0 Å². The molecule has 0 atom stereocenters. The smallest absolute Gasteiger partial charge is 0.0717 e. The first-order valence-corrected chi connectivity index (χ1v) is 8.12. The molecule has 0 saturated heterocycles. The van der Waals surface area contributed by atoms with E-state index in [9.17, 15) is 0 Å². The van der Waals surface area contributed by atoms with Crippen LogP contribution in [0.2, 0.25) is 5.02 Å². The number of ether oxygens (including phenoxy) is 1. The van der Waals surface area contributed by atoms with Gasteiger partial charge in [0, 0.05) is 15.8 Å². The quantitative estimate of drug-likeness (QED) is 0.674. The fourth-order valence-electron chi connectivity index (χ4n) is 2.58. The Kier molecular flexibility index (Phi) is 5.53. The molecule has 0 bridgehead atoms. The van der Waals surface area contributed by atoms with Gasteiger partial charge in [0.05, 0.1) is 13.2 Å². The average molecular weight is 332 g/mol. The van der Waals surface area contributed by atoms with E-state index in [1.807, 2.05) is 24.3 Å². The summed E-state index contributed by atoms with van der Waals surface area (Å²) in [5.74, 6) is 0. The number of alkyl halides is 1. The lowest BCUT2D eigenvalue weighted by molar-refractivity contribution is 0.0256. The molecular formula is C15H20BrClO. The van der Waals surface area contributed by atoms with Crippen LogP contribution >= 0.6 is 27.5 Å². The Hall–Kier alpha value is -0.0500. The molecule has 18 heavy (non-hydrogen) atoms. The van der Waals surface area contributed by atoms with Crippen LogP contribution in [-0.2, 0) is 11.3 Å². The fourth-order valence-corrected chi connectivity index (χ4v) is 3.43. The number of hydrogen-bond acceptors (Lipinski definition) is 1. The second-order valence-electron chi connectivity index (χ2n) is 5.31. The van der Waals surface area contributed by atoms with E-state index in [0.29, 0.717) is 12.0 Å². The van der Waals surface area contributed by atoms with Crippen molar-refractivity contribution in [3.05, 3.63) is 34.9 Å². The molecule has 3 heteroatoms. The predicted octanol–water partition coefficient (Wildman–Crippen LogP) is 5.20. The van der Waals surface area contributed by atoms with Gasteiger partial charge >= 0.3 is 0 Å². The van der Waals surface area contributed by atoms with Gasteiger partial charge in [-0.15, -0.1) is 0 Å². The molecule has 1 saturated carbocycles. The Bertz CT molecular complexity index is 357. The van der Waals surface area contributed by atoms with Gasteiger partial charge in [0.25, 0.3) is 0 Å². The summed E-state index contributed by atoms with van der Waals surface area (Å²) in [5, 5.41) is 1.84. The van der Waals surface area contributed by atoms with E-state index in [2.05, 4.69) is 15.9 Å². The summed E-state index contributed by atoms with van der Waals surface area (Å²) in [6.45, 7) is 1.55. The van der Waals surface area contributed by atoms with Crippen LogP contribution in [0.3, 0.4) is 0 Å². The second kappa shape index (κ2) is 6.93. The highest BCUT2D eigenvalue weighted by atomic mass is 79.9. The molecule has 0 aliphatic heterocycles. The minimum absolute atomic E-state index is 0.366. The fraction of sp³-hybridized carbons (Fsp3) is 0.600. The molecule has 100 valence electrons. The topological polar surface area (TPSA) is 9.23 Å². The molecule has 1 aromatic carbocycles. The SMILES string of the molecule is Clc1ccc(COCC2(CBr)CCCCC2)cc1. The Morgan fingerprint density at radius 3 is 2.39 bits per heavy atom. The molecular weight excluding hydrogens is 312 g/mol. The summed E-state index contributed by atoms with van der Waals surface area (Å²) in [6.07, 6.45) is 6.65. The molecule has 0 N–H and O–H groups in total. The zero-order valence-electron chi connectivity index (χ0n) is 10.6. The summed E-state index contributed by atoms with van der Waals surface area (Å²) in [4.78, 5) is 0. The zero-order chi connectivity index (χ0) is 12.8. The van der Waals surface area contributed by atoms with E-state index in [1.54, 1.807) is 0 Å². The van der Waals surface area contributed by atoms with Crippen molar-refractivity contribution >= 4 is 27.5 Å².